The number of nitrogens with zero attached hydrogens (tertiary/aromatic N) is 1. The first-order valence-corrected chi connectivity index (χ1v) is 7.78. The van der Waals surface area contributed by atoms with Crippen molar-refractivity contribution in [2.75, 3.05) is 19.7 Å². The summed E-state index contributed by atoms with van der Waals surface area (Å²) in [5.41, 5.74) is -0.411. The van der Waals surface area contributed by atoms with E-state index >= 15 is 0 Å². The van der Waals surface area contributed by atoms with Gasteiger partial charge in [-0.2, -0.15) is 0 Å². The molecule has 0 aromatic carbocycles. The molecule has 3 fully saturated rings. The van der Waals surface area contributed by atoms with Crippen LogP contribution in [0.1, 0.15) is 40.0 Å². The molecule has 2 atom stereocenters. The summed E-state index contributed by atoms with van der Waals surface area (Å²) in [5, 5.41) is 3.66. The Morgan fingerprint density at radius 1 is 1.25 bits per heavy atom. The fraction of sp³-hybridized carbons (Fsp3) is 0.933. The predicted octanol–water partition coefficient (Wildman–Crippen LogP) is 1.76. The fourth-order valence-electron chi connectivity index (χ4n) is 3.04. The Bertz CT molecular complexity index is 370. The van der Waals surface area contributed by atoms with E-state index in [1.807, 2.05) is 20.8 Å². The molecule has 3 rings (SSSR count). The van der Waals surface area contributed by atoms with Gasteiger partial charge in [0.1, 0.15) is 5.60 Å². The highest BCUT2D eigenvalue weighted by Gasteiger charge is 2.43. The van der Waals surface area contributed by atoms with Gasteiger partial charge in [0.25, 0.3) is 0 Å². The van der Waals surface area contributed by atoms with Gasteiger partial charge in [-0.05, 0) is 46.0 Å². The van der Waals surface area contributed by atoms with Crippen LogP contribution in [0.15, 0.2) is 0 Å². The van der Waals surface area contributed by atoms with Crippen LogP contribution in [-0.4, -0.2) is 54.5 Å². The van der Waals surface area contributed by atoms with Crippen LogP contribution < -0.4 is 5.32 Å². The Labute approximate surface area is 121 Å². The first kappa shape index (κ1) is 14.1. The monoisotopic (exact) mass is 282 g/mol. The van der Waals surface area contributed by atoms with Crippen molar-refractivity contribution in [2.45, 2.75) is 63.8 Å². The zero-order valence-corrected chi connectivity index (χ0v) is 12.7. The number of nitrogens with one attached hydrogen (secondary N) is 1. The van der Waals surface area contributed by atoms with Crippen molar-refractivity contribution in [1.29, 1.82) is 0 Å². The summed E-state index contributed by atoms with van der Waals surface area (Å²) in [6.45, 7) is 8.08. The molecule has 2 aliphatic heterocycles. The number of hydrogen-bond donors (Lipinski definition) is 1. The lowest BCUT2D eigenvalue weighted by Gasteiger charge is -2.41. The molecule has 0 aromatic heterocycles. The summed E-state index contributed by atoms with van der Waals surface area (Å²) in [5.74, 6) is 0.775. The first-order chi connectivity index (χ1) is 9.42. The molecule has 5 nitrogen and oxygen atoms in total. The molecule has 20 heavy (non-hydrogen) atoms. The number of rotatable bonds is 3. The molecule has 0 radical (unpaired) electrons. The highest BCUT2D eigenvalue weighted by atomic mass is 16.6. The molecule has 1 saturated carbocycles. The second kappa shape index (κ2) is 5.19. The standard InChI is InChI=1S/C15H26N2O3/c1-15(2,3)20-14(18)17-8-11(9-17)16-12-6-7-19-13(12)10-4-5-10/h10-13,16H,4-9H2,1-3H3. The van der Waals surface area contributed by atoms with E-state index in [-0.39, 0.29) is 6.09 Å². The average molecular weight is 282 g/mol. The van der Waals surface area contributed by atoms with E-state index in [4.69, 9.17) is 9.47 Å². The molecule has 5 heteroatoms. The van der Waals surface area contributed by atoms with Crippen LogP contribution in [0.3, 0.4) is 0 Å². The van der Waals surface area contributed by atoms with Gasteiger partial charge in [-0.25, -0.2) is 4.79 Å². The van der Waals surface area contributed by atoms with E-state index in [2.05, 4.69) is 5.32 Å². The Hall–Kier alpha value is -0.810. The molecule has 2 unspecified atom stereocenters. The average Bonchev–Trinajstić information content (AvgIpc) is 3.00. The van der Waals surface area contributed by atoms with Crippen molar-refractivity contribution in [3.05, 3.63) is 0 Å². The third-order valence-electron chi connectivity index (χ3n) is 4.21. The van der Waals surface area contributed by atoms with Crippen LogP contribution in [0.2, 0.25) is 0 Å². The smallest absolute Gasteiger partial charge is 0.410 e. The third-order valence-corrected chi connectivity index (χ3v) is 4.21. The summed E-state index contributed by atoms with van der Waals surface area (Å²) in [6, 6.07) is 0.878. The molecule has 0 aromatic rings. The second-order valence-electron chi connectivity index (χ2n) is 7.32. The number of carbonyl (C=O) groups is 1. The van der Waals surface area contributed by atoms with E-state index in [1.54, 1.807) is 4.90 Å². The van der Waals surface area contributed by atoms with Crippen LogP contribution in [0.25, 0.3) is 0 Å². The Morgan fingerprint density at radius 3 is 2.55 bits per heavy atom. The molecule has 0 spiro atoms. The second-order valence-corrected chi connectivity index (χ2v) is 7.32. The maximum Gasteiger partial charge on any atom is 0.410 e. The van der Waals surface area contributed by atoms with E-state index in [9.17, 15) is 4.79 Å². The third kappa shape index (κ3) is 3.26. The van der Waals surface area contributed by atoms with Crippen LogP contribution in [0, 0.1) is 5.92 Å². The van der Waals surface area contributed by atoms with Gasteiger partial charge >= 0.3 is 6.09 Å². The number of ether oxygens (including phenoxy) is 2. The van der Waals surface area contributed by atoms with Crippen molar-refractivity contribution < 1.29 is 14.3 Å². The molecule has 114 valence electrons. The molecule has 1 amide bonds. The van der Waals surface area contributed by atoms with Gasteiger partial charge in [0.05, 0.1) is 6.10 Å². The zero-order chi connectivity index (χ0) is 14.3. The molecule has 0 bridgehead atoms. The van der Waals surface area contributed by atoms with Crippen LogP contribution in [0.4, 0.5) is 4.79 Å². The van der Waals surface area contributed by atoms with E-state index < -0.39 is 5.60 Å². The van der Waals surface area contributed by atoms with Gasteiger partial charge in [0.15, 0.2) is 0 Å². The summed E-state index contributed by atoms with van der Waals surface area (Å²) in [7, 11) is 0. The lowest BCUT2D eigenvalue weighted by Crippen LogP contribution is -2.63. The Morgan fingerprint density at radius 2 is 1.95 bits per heavy atom. The topological polar surface area (TPSA) is 50.8 Å². The van der Waals surface area contributed by atoms with E-state index in [0.717, 1.165) is 32.0 Å². The van der Waals surface area contributed by atoms with Crippen molar-refractivity contribution >= 4 is 6.09 Å². The van der Waals surface area contributed by atoms with Gasteiger partial charge in [0.2, 0.25) is 0 Å². The number of hydrogen-bond acceptors (Lipinski definition) is 4. The van der Waals surface area contributed by atoms with Gasteiger partial charge in [0, 0.05) is 31.8 Å². The fourth-order valence-corrected chi connectivity index (χ4v) is 3.04. The maximum atomic E-state index is 11.9. The molecule has 2 heterocycles. The van der Waals surface area contributed by atoms with Crippen LogP contribution in [0.5, 0.6) is 0 Å². The van der Waals surface area contributed by atoms with Gasteiger partial charge in [-0.3, -0.25) is 0 Å². The van der Waals surface area contributed by atoms with Crippen molar-refractivity contribution in [2.24, 2.45) is 5.92 Å². The number of likely N-dealkylation sites (tertiary alicyclic amines) is 1. The van der Waals surface area contributed by atoms with Crippen LogP contribution >= 0.6 is 0 Å². The lowest BCUT2D eigenvalue weighted by molar-refractivity contribution is 0.00203. The quantitative estimate of drug-likeness (QED) is 0.857. The van der Waals surface area contributed by atoms with Gasteiger partial charge in [-0.15, -0.1) is 0 Å². The van der Waals surface area contributed by atoms with E-state index in [0.29, 0.717) is 18.2 Å². The number of carbonyl (C=O) groups excluding carboxylic acids is 1. The van der Waals surface area contributed by atoms with Gasteiger partial charge < -0.3 is 19.7 Å². The van der Waals surface area contributed by atoms with Crippen molar-refractivity contribution in [3.8, 4) is 0 Å². The minimum absolute atomic E-state index is 0.197. The van der Waals surface area contributed by atoms with Gasteiger partial charge in [-0.1, -0.05) is 0 Å². The SMILES string of the molecule is CC(C)(C)OC(=O)N1CC(NC2CCOC2C2CC2)C1. The molecule has 2 saturated heterocycles. The summed E-state index contributed by atoms with van der Waals surface area (Å²) in [4.78, 5) is 13.6. The Kier molecular flexibility index (Phi) is 3.67. The maximum absolute atomic E-state index is 11.9. The largest absolute Gasteiger partial charge is 0.444 e. The zero-order valence-electron chi connectivity index (χ0n) is 12.7. The van der Waals surface area contributed by atoms with Crippen molar-refractivity contribution in [1.82, 2.24) is 10.2 Å². The predicted molar refractivity (Wildman–Crippen MR) is 75.6 cm³/mol. The van der Waals surface area contributed by atoms with E-state index in [1.165, 1.54) is 12.8 Å². The minimum Gasteiger partial charge on any atom is -0.444 e. The Balaban J connectivity index is 1.41. The highest BCUT2D eigenvalue weighted by molar-refractivity contribution is 5.69. The molecular weight excluding hydrogens is 256 g/mol. The molecule has 1 aliphatic carbocycles. The van der Waals surface area contributed by atoms with Crippen LogP contribution in [-0.2, 0) is 9.47 Å². The summed E-state index contributed by atoms with van der Waals surface area (Å²) < 4.78 is 11.2. The first-order valence-electron chi connectivity index (χ1n) is 7.78. The molecule has 1 N–H and O–H groups in total. The summed E-state index contributed by atoms with van der Waals surface area (Å²) in [6.07, 6.45) is 3.95. The highest BCUT2D eigenvalue weighted by Crippen LogP contribution is 2.39. The molecular formula is C15H26N2O3. The minimum atomic E-state index is -0.411. The summed E-state index contributed by atoms with van der Waals surface area (Å²) >= 11 is 0. The normalized spacial score (nSPS) is 31.2. The lowest BCUT2D eigenvalue weighted by atomic mass is 10.0. The molecule has 3 aliphatic rings. The van der Waals surface area contributed by atoms with Crippen molar-refractivity contribution in [3.63, 3.8) is 0 Å². The number of amides is 1.